The second-order valence-corrected chi connectivity index (χ2v) is 7.61. The van der Waals surface area contributed by atoms with Gasteiger partial charge in [0.15, 0.2) is 0 Å². The van der Waals surface area contributed by atoms with E-state index >= 15 is 0 Å². The van der Waals surface area contributed by atoms with E-state index in [1.54, 1.807) is 33.8 Å². The molecule has 0 N–H and O–H groups in total. The first-order chi connectivity index (χ1) is 13.9. The largest absolute Gasteiger partial charge is 0.372 e. The number of amides is 1. The second-order valence-electron chi connectivity index (χ2n) is 7.61. The third kappa shape index (κ3) is 3.93. The molecular weight excluding hydrogens is 369 g/mol. The predicted octanol–water partition coefficient (Wildman–Crippen LogP) is 4.24. The number of carbonyl (C=O) groups excluding carboxylic acids is 1. The van der Waals surface area contributed by atoms with Crippen molar-refractivity contribution in [2.45, 2.75) is 33.0 Å². The van der Waals surface area contributed by atoms with Crippen LogP contribution in [0.5, 0.6) is 0 Å². The van der Waals surface area contributed by atoms with E-state index in [1.807, 2.05) is 45.0 Å². The molecule has 0 bridgehead atoms. The van der Waals surface area contributed by atoms with E-state index in [0.717, 1.165) is 11.3 Å². The fourth-order valence-corrected chi connectivity index (χ4v) is 3.72. The monoisotopic (exact) mass is 393 g/mol. The molecule has 4 rings (SSSR count). The van der Waals surface area contributed by atoms with Crippen molar-refractivity contribution in [1.82, 2.24) is 14.7 Å². The number of halogens is 1. The van der Waals surface area contributed by atoms with Crippen LogP contribution in [0.4, 0.5) is 4.39 Å². The number of hydrogen-bond donors (Lipinski definition) is 0. The molecular formula is C23H24FN3O2. The second kappa shape index (κ2) is 7.79. The highest BCUT2D eigenvalue weighted by Gasteiger charge is 2.29. The number of aryl methyl sites for hydroxylation is 1. The average Bonchev–Trinajstić information content (AvgIpc) is 3.12. The van der Waals surface area contributed by atoms with Crippen LogP contribution in [0.25, 0.3) is 16.9 Å². The van der Waals surface area contributed by atoms with E-state index in [2.05, 4.69) is 5.10 Å². The van der Waals surface area contributed by atoms with Crippen LogP contribution in [0, 0.1) is 12.7 Å². The van der Waals surface area contributed by atoms with Gasteiger partial charge in [0.1, 0.15) is 11.5 Å². The van der Waals surface area contributed by atoms with Gasteiger partial charge in [-0.15, -0.1) is 0 Å². The van der Waals surface area contributed by atoms with Gasteiger partial charge in [0.25, 0.3) is 5.91 Å². The van der Waals surface area contributed by atoms with Crippen LogP contribution < -0.4 is 0 Å². The Labute approximate surface area is 169 Å². The quantitative estimate of drug-likeness (QED) is 0.669. The molecule has 5 nitrogen and oxygen atoms in total. The van der Waals surface area contributed by atoms with Crippen LogP contribution in [0.1, 0.15) is 29.9 Å². The Morgan fingerprint density at radius 3 is 2.38 bits per heavy atom. The van der Waals surface area contributed by atoms with Crippen LogP contribution in [-0.4, -0.2) is 45.9 Å². The Morgan fingerprint density at radius 1 is 1.07 bits per heavy atom. The lowest BCUT2D eigenvalue weighted by atomic mass is 10.1. The summed E-state index contributed by atoms with van der Waals surface area (Å²) in [6.45, 7) is 6.94. The average molecular weight is 393 g/mol. The van der Waals surface area contributed by atoms with E-state index < -0.39 is 0 Å². The van der Waals surface area contributed by atoms with E-state index in [0.29, 0.717) is 30.0 Å². The van der Waals surface area contributed by atoms with Gasteiger partial charge < -0.3 is 9.64 Å². The van der Waals surface area contributed by atoms with E-state index in [1.165, 1.54) is 6.07 Å². The highest BCUT2D eigenvalue weighted by atomic mass is 19.1. The molecule has 1 fully saturated rings. The van der Waals surface area contributed by atoms with Crippen molar-refractivity contribution < 1.29 is 13.9 Å². The fraction of sp³-hybridized carbons (Fsp3) is 0.304. The lowest BCUT2D eigenvalue weighted by Gasteiger charge is -2.35. The highest BCUT2D eigenvalue weighted by Crippen LogP contribution is 2.26. The number of hydrogen-bond acceptors (Lipinski definition) is 3. The fourth-order valence-electron chi connectivity index (χ4n) is 3.72. The Bertz CT molecular complexity index is 1020. The van der Waals surface area contributed by atoms with E-state index in [4.69, 9.17) is 4.74 Å². The Balaban J connectivity index is 1.79. The maximum atomic E-state index is 14.4. The maximum absolute atomic E-state index is 14.4. The topological polar surface area (TPSA) is 47.4 Å². The minimum atomic E-state index is -0.367. The number of carbonyl (C=O) groups is 1. The molecule has 3 aromatic rings. The number of benzene rings is 2. The van der Waals surface area contributed by atoms with Crippen molar-refractivity contribution >= 4 is 5.91 Å². The van der Waals surface area contributed by atoms with E-state index in [9.17, 15) is 9.18 Å². The first-order valence-corrected chi connectivity index (χ1v) is 9.79. The molecule has 0 saturated carbocycles. The van der Waals surface area contributed by atoms with Gasteiger partial charge in [-0.2, -0.15) is 5.10 Å². The summed E-state index contributed by atoms with van der Waals surface area (Å²) in [5, 5.41) is 4.59. The molecule has 1 aromatic heterocycles. The summed E-state index contributed by atoms with van der Waals surface area (Å²) in [6.07, 6.45) is -0.0750. The predicted molar refractivity (Wildman–Crippen MR) is 110 cm³/mol. The standard InChI is InChI=1S/C23H24FN3O2/c1-15-8-10-18(11-9-15)27-22(23(28)26-13-16(2)29-17(3)14-26)12-21(25-27)19-6-4-5-7-20(19)24/h4-12,16-17H,13-14H2,1-3H3. The molecule has 2 atom stereocenters. The van der Waals surface area contributed by atoms with Crippen molar-refractivity contribution in [3.05, 3.63) is 71.7 Å². The molecule has 2 aromatic carbocycles. The Morgan fingerprint density at radius 2 is 1.72 bits per heavy atom. The van der Waals surface area contributed by atoms with Crippen LogP contribution in [-0.2, 0) is 4.74 Å². The van der Waals surface area contributed by atoms with Gasteiger partial charge in [0.05, 0.1) is 23.6 Å². The van der Waals surface area contributed by atoms with Crippen molar-refractivity contribution in [3.63, 3.8) is 0 Å². The smallest absolute Gasteiger partial charge is 0.272 e. The third-order valence-corrected chi connectivity index (χ3v) is 5.06. The summed E-state index contributed by atoms with van der Waals surface area (Å²) in [7, 11) is 0. The highest BCUT2D eigenvalue weighted by molar-refractivity contribution is 5.94. The molecule has 2 heterocycles. The number of morpholine rings is 1. The number of ether oxygens (including phenoxy) is 1. The van der Waals surface area contributed by atoms with Gasteiger partial charge in [0.2, 0.25) is 0 Å². The summed E-state index contributed by atoms with van der Waals surface area (Å²) in [5.41, 5.74) is 3.08. The summed E-state index contributed by atoms with van der Waals surface area (Å²) in [4.78, 5) is 15.2. The van der Waals surface area contributed by atoms with Crippen LogP contribution in [0.15, 0.2) is 54.6 Å². The molecule has 0 aliphatic carbocycles. The van der Waals surface area contributed by atoms with Gasteiger partial charge in [-0.1, -0.05) is 29.8 Å². The SMILES string of the molecule is Cc1ccc(-n2nc(-c3ccccc3F)cc2C(=O)N2CC(C)OC(C)C2)cc1. The summed E-state index contributed by atoms with van der Waals surface area (Å²) < 4.78 is 21.7. The number of nitrogens with zero attached hydrogens (tertiary/aromatic N) is 3. The lowest BCUT2D eigenvalue weighted by Crippen LogP contribution is -2.48. The Kier molecular flexibility index (Phi) is 5.20. The van der Waals surface area contributed by atoms with Gasteiger partial charge in [0, 0.05) is 18.7 Å². The number of rotatable bonds is 3. The van der Waals surface area contributed by atoms with E-state index in [-0.39, 0.29) is 23.9 Å². The first kappa shape index (κ1) is 19.3. The molecule has 1 aliphatic heterocycles. The molecule has 0 spiro atoms. The molecule has 6 heteroatoms. The molecule has 150 valence electrons. The molecule has 29 heavy (non-hydrogen) atoms. The zero-order valence-corrected chi connectivity index (χ0v) is 16.8. The first-order valence-electron chi connectivity index (χ1n) is 9.79. The van der Waals surface area contributed by atoms with Gasteiger partial charge in [-0.3, -0.25) is 4.79 Å². The van der Waals surface area contributed by atoms with Gasteiger partial charge in [-0.05, 0) is 51.1 Å². The lowest BCUT2D eigenvalue weighted by molar-refractivity contribution is -0.0588. The zero-order chi connectivity index (χ0) is 20.5. The third-order valence-electron chi connectivity index (χ3n) is 5.06. The molecule has 1 saturated heterocycles. The zero-order valence-electron chi connectivity index (χ0n) is 16.8. The van der Waals surface area contributed by atoms with Crippen molar-refractivity contribution in [3.8, 4) is 16.9 Å². The van der Waals surface area contributed by atoms with Crippen LogP contribution in [0.2, 0.25) is 0 Å². The molecule has 0 radical (unpaired) electrons. The summed E-state index contributed by atoms with van der Waals surface area (Å²) in [6, 6.07) is 15.9. The molecule has 2 unspecified atom stereocenters. The minimum absolute atomic E-state index is 0.0375. The van der Waals surface area contributed by atoms with Gasteiger partial charge in [-0.25, -0.2) is 9.07 Å². The summed E-state index contributed by atoms with van der Waals surface area (Å²) in [5.74, 6) is -0.503. The van der Waals surface area contributed by atoms with Crippen molar-refractivity contribution in [2.75, 3.05) is 13.1 Å². The molecule has 1 amide bonds. The number of aromatic nitrogens is 2. The van der Waals surface area contributed by atoms with Gasteiger partial charge >= 0.3 is 0 Å². The van der Waals surface area contributed by atoms with Crippen molar-refractivity contribution in [1.29, 1.82) is 0 Å². The minimum Gasteiger partial charge on any atom is -0.372 e. The van der Waals surface area contributed by atoms with Crippen LogP contribution >= 0.6 is 0 Å². The van der Waals surface area contributed by atoms with Crippen LogP contribution in [0.3, 0.4) is 0 Å². The summed E-state index contributed by atoms with van der Waals surface area (Å²) >= 11 is 0. The Hall–Kier alpha value is -2.99. The normalized spacial score (nSPS) is 19.4. The molecule has 1 aliphatic rings. The maximum Gasteiger partial charge on any atom is 0.272 e. The van der Waals surface area contributed by atoms with Crippen molar-refractivity contribution in [2.24, 2.45) is 0 Å².